The summed E-state index contributed by atoms with van der Waals surface area (Å²) < 4.78 is 1.59. The molecule has 0 atom stereocenters. The predicted molar refractivity (Wildman–Crippen MR) is 130 cm³/mol. The Morgan fingerprint density at radius 1 is 0.758 bits per heavy atom. The number of carbonyl (C=O) groups excluding carboxylic acids is 1. The summed E-state index contributed by atoms with van der Waals surface area (Å²) in [5.74, 6) is -0.114. The highest BCUT2D eigenvalue weighted by Crippen LogP contribution is 2.39. The summed E-state index contributed by atoms with van der Waals surface area (Å²) in [6, 6.07) is 26.0. The molecule has 0 spiro atoms. The van der Waals surface area contributed by atoms with E-state index in [4.69, 9.17) is 5.10 Å². The summed E-state index contributed by atoms with van der Waals surface area (Å²) >= 11 is 0. The Morgan fingerprint density at radius 3 is 2.15 bits per heavy atom. The van der Waals surface area contributed by atoms with Crippen molar-refractivity contribution < 1.29 is 4.79 Å². The van der Waals surface area contributed by atoms with E-state index in [-0.39, 0.29) is 5.91 Å². The van der Waals surface area contributed by atoms with Gasteiger partial charge < -0.3 is 0 Å². The first-order valence-electron chi connectivity index (χ1n) is 10.9. The molecule has 0 fully saturated rings. The van der Waals surface area contributed by atoms with E-state index in [0.29, 0.717) is 12.0 Å². The van der Waals surface area contributed by atoms with Crippen LogP contribution in [0.25, 0.3) is 39.0 Å². The molecular formula is C28H20N4O. The normalized spacial score (nSPS) is 13.4. The molecule has 0 N–H and O–H groups in total. The van der Waals surface area contributed by atoms with Gasteiger partial charge in [0.05, 0.1) is 16.7 Å². The smallest absolute Gasteiger partial charge is 0.267 e. The maximum atomic E-state index is 13.8. The molecular weight excluding hydrogens is 408 g/mol. The quantitative estimate of drug-likeness (QED) is 0.363. The van der Waals surface area contributed by atoms with Crippen molar-refractivity contribution in [3.05, 3.63) is 108 Å². The van der Waals surface area contributed by atoms with Crippen LogP contribution >= 0.6 is 0 Å². The first kappa shape index (κ1) is 19.3. The Bertz CT molecular complexity index is 1550. The van der Waals surface area contributed by atoms with Crippen LogP contribution in [0.3, 0.4) is 0 Å². The molecule has 0 unspecified atom stereocenters. The van der Waals surface area contributed by atoms with E-state index in [9.17, 15) is 4.79 Å². The van der Waals surface area contributed by atoms with Gasteiger partial charge in [0.25, 0.3) is 5.91 Å². The van der Waals surface area contributed by atoms with Gasteiger partial charge in [0, 0.05) is 35.5 Å². The number of hydrogen-bond donors (Lipinski definition) is 0. The van der Waals surface area contributed by atoms with E-state index in [1.54, 1.807) is 17.1 Å². The molecule has 5 nitrogen and oxygen atoms in total. The Hall–Kier alpha value is -4.38. The Morgan fingerprint density at radius 2 is 1.42 bits per heavy atom. The SMILES string of the molecule is CC1=C(c2ccc3nccnc3c2)C(=O)n2nc(-c3ccccc3)c(-c3ccccc3)c2C1. The van der Waals surface area contributed by atoms with E-state index < -0.39 is 0 Å². The molecule has 5 heteroatoms. The van der Waals surface area contributed by atoms with Gasteiger partial charge in [0.15, 0.2) is 0 Å². The lowest BCUT2D eigenvalue weighted by atomic mass is 9.90. The van der Waals surface area contributed by atoms with Crippen molar-refractivity contribution in [1.29, 1.82) is 0 Å². The van der Waals surface area contributed by atoms with Crippen LogP contribution in [-0.2, 0) is 6.42 Å². The fourth-order valence-electron chi connectivity index (χ4n) is 4.61. The highest BCUT2D eigenvalue weighted by atomic mass is 16.2. The lowest BCUT2D eigenvalue weighted by Gasteiger charge is -2.20. The number of aromatic nitrogens is 4. The number of nitrogens with zero attached hydrogens (tertiary/aromatic N) is 4. The largest absolute Gasteiger partial charge is 0.279 e. The first-order valence-corrected chi connectivity index (χ1v) is 10.9. The molecule has 0 bridgehead atoms. The summed E-state index contributed by atoms with van der Waals surface area (Å²) in [6.07, 6.45) is 3.98. The summed E-state index contributed by atoms with van der Waals surface area (Å²) in [4.78, 5) is 22.6. The zero-order valence-corrected chi connectivity index (χ0v) is 18.1. The van der Waals surface area contributed by atoms with Crippen LogP contribution in [0, 0.1) is 0 Å². The monoisotopic (exact) mass is 428 g/mol. The molecule has 3 heterocycles. The van der Waals surface area contributed by atoms with E-state index in [1.165, 1.54) is 0 Å². The molecule has 2 aromatic heterocycles. The van der Waals surface area contributed by atoms with Gasteiger partial charge in [-0.15, -0.1) is 0 Å². The lowest BCUT2D eigenvalue weighted by molar-refractivity contribution is 0.0958. The third-order valence-electron chi connectivity index (χ3n) is 6.11. The minimum Gasteiger partial charge on any atom is -0.267 e. The molecule has 0 saturated carbocycles. The van der Waals surface area contributed by atoms with Crippen LogP contribution in [-0.4, -0.2) is 25.7 Å². The predicted octanol–water partition coefficient (Wildman–Crippen LogP) is 5.83. The maximum absolute atomic E-state index is 13.8. The Balaban J connectivity index is 1.54. The number of allylic oxidation sites excluding steroid dienone is 2. The summed E-state index contributed by atoms with van der Waals surface area (Å²) in [6.45, 7) is 2.03. The average molecular weight is 428 g/mol. The van der Waals surface area contributed by atoms with E-state index in [0.717, 1.165) is 50.2 Å². The van der Waals surface area contributed by atoms with Gasteiger partial charge in [-0.05, 0) is 30.2 Å². The number of fused-ring (bicyclic) bond motifs is 2. The summed E-state index contributed by atoms with van der Waals surface area (Å²) in [5.41, 5.74) is 8.92. The van der Waals surface area contributed by atoms with Gasteiger partial charge in [0.1, 0.15) is 5.69 Å². The maximum Gasteiger partial charge on any atom is 0.279 e. The van der Waals surface area contributed by atoms with E-state index in [2.05, 4.69) is 22.1 Å². The molecule has 1 aliphatic rings. The first-order chi connectivity index (χ1) is 16.2. The fourth-order valence-corrected chi connectivity index (χ4v) is 4.61. The summed E-state index contributed by atoms with van der Waals surface area (Å²) in [5, 5.41) is 4.86. The van der Waals surface area contributed by atoms with Gasteiger partial charge in [-0.1, -0.05) is 72.3 Å². The number of carbonyl (C=O) groups is 1. The van der Waals surface area contributed by atoms with E-state index in [1.807, 2.05) is 73.7 Å². The third kappa shape index (κ3) is 3.17. The van der Waals surface area contributed by atoms with Crippen molar-refractivity contribution in [2.45, 2.75) is 13.3 Å². The van der Waals surface area contributed by atoms with Crippen LogP contribution in [0.2, 0.25) is 0 Å². The van der Waals surface area contributed by atoms with Crippen molar-refractivity contribution in [1.82, 2.24) is 19.7 Å². The molecule has 6 rings (SSSR count). The second-order valence-electron chi connectivity index (χ2n) is 8.21. The standard InChI is InChI=1S/C28H20N4O/c1-18-16-24-26(19-8-4-2-5-9-19)27(20-10-6-3-7-11-20)31-32(24)28(33)25(18)21-12-13-22-23(17-21)30-15-14-29-22/h2-15,17H,16H2,1H3. The van der Waals surface area contributed by atoms with E-state index >= 15 is 0 Å². The molecule has 3 aromatic carbocycles. The lowest BCUT2D eigenvalue weighted by Crippen LogP contribution is -2.23. The third-order valence-corrected chi connectivity index (χ3v) is 6.11. The molecule has 0 aliphatic carbocycles. The zero-order chi connectivity index (χ0) is 22.4. The van der Waals surface area contributed by atoms with Crippen LogP contribution in [0.15, 0.2) is 96.8 Å². The van der Waals surface area contributed by atoms with Crippen LogP contribution in [0.5, 0.6) is 0 Å². The van der Waals surface area contributed by atoms with Crippen LogP contribution in [0.1, 0.15) is 23.0 Å². The topological polar surface area (TPSA) is 60.7 Å². The molecule has 1 aliphatic heterocycles. The second kappa shape index (κ2) is 7.64. The number of benzene rings is 3. The molecule has 0 saturated heterocycles. The molecule has 0 amide bonds. The number of rotatable bonds is 3. The van der Waals surface area contributed by atoms with Crippen molar-refractivity contribution in [2.75, 3.05) is 0 Å². The molecule has 158 valence electrons. The van der Waals surface area contributed by atoms with Crippen LogP contribution < -0.4 is 0 Å². The highest BCUT2D eigenvalue weighted by molar-refractivity contribution is 6.23. The summed E-state index contributed by atoms with van der Waals surface area (Å²) in [7, 11) is 0. The van der Waals surface area contributed by atoms with Gasteiger partial charge in [-0.25, -0.2) is 0 Å². The van der Waals surface area contributed by atoms with Gasteiger partial charge in [0.2, 0.25) is 0 Å². The van der Waals surface area contributed by atoms with Crippen LogP contribution in [0.4, 0.5) is 0 Å². The Labute approximate surface area is 191 Å². The Kier molecular flexibility index (Phi) is 4.47. The van der Waals surface area contributed by atoms with Crippen molar-refractivity contribution in [3.8, 4) is 22.4 Å². The minimum absolute atomic E-state index is 0.114. The van der Waals surface area contributed by atoms with Gasteiger partial charge >= 0.3 is 0 Å². The van der Waals surface area contributed by atoms with Crippen molar-refractivity contribution in [3.63, 3.8) is 0 Å². The highest BCUT2D eigenvalue weighted by Gasteiger charge is 2.31. The van der Waals surface area contributed by atoms with Gasteiger partial charge in [-0.2, -0.15) is 9.78 Å². The average Bonchev–Trinajstić information content (AvgIpc) is 3.24. The van der Waals surface area contributed by atoms with Crippen molar-refractivity contribution >= 4 is 22.5 Å². The molecule has 0 radical (unpaired) electrons. The zero-order valence-electron chi connectivity index (χ0n) is 18.1. The fraction of sp³-hybridized carbons (Fsp3) is 0.0714. The van der Waals surface area contributed by atoms with Gasteiger partial charge in [-0.3, -0.25) is 14.8 Å². The van der Waals surface area contributed by atoms with Crippen molar-refractivity contribution in [2.24, 2.45) is 0 Å². The second-order valence-corrected chi connectivity index (χ2v) is 8.21. The number of hydrogen-bond acceptors (Lipinski definition) is 4. The minimum atomic E-state index is -0.114. The molecule has 5 aromatic rings. The molecule has 33 heavy (non-hydrogen) atoms.